The molecule has 1 amide bonds. The zero-order valence-corrected chi connectivity index (χ0v) is 12.5. The summed E-state index contributed by atoms with van der Waals surface area (Å²) in [6, 6.07) is 6.14. The third-order valence-corrected chi connectivity index (χ3v) is 3.41. The second-order valence-electron chi connectivity index (χ2n) is 5.31. The smallest absolute Gasteiger partial charge is 0.224 e. The van der Waals surface area contributed by atoms with Gasteiger partial charge in [-0.15, -0.1) is 0 Å². The van der Waals surface area contributed by atoms with Crippen molar-refractivity contribution in [3.05, 3.63) is 52.3 Å². The maximum atomic E-state index is 12.0. The number of nitrogens with one attached hydrogen (secondary N) is 1. The summed E-state index contributed by atoms with van der Waals surface area (Å²) in [4.78, 5) is 12.0. The molecule has 0 aliphatic heterocycles. The van der Waals surface area contributed by atoms with Gasteiger partial charge in [0.15, 0.2) is 0 Å². The molecule has 2 aromatic rings. The van der Waals surface area contributed by atoms with Gasteiger partial charge in [0.1, 0.15) is 0 Å². The molecule has 1 heterocycles. The number of aromatic nitrogens is 2. The van der Waals surface area contributed by atoms with Crippen molar-refractivity contribution in [1.82, 2.24) is 15.1 Å². The van der Waals surface area contributed by atoms with Gasteiger partial charge in [-0.25, -0.2) is 0 Å². The molecule has 0 spiro atoms. The third kappa shape index (κ3) is 3.47. The van der Waals surface area contributed by atoms with Gasteiger partial charge in [-0.2, -0.15) is 5.10 Å². The van der Waals surface area contributed by atoms with E-state index in [2.05, 4.69) is 43.3 Å². The lowest BCUT2D eigenvalue weighted by Crippen LogP contribution is -2.25. The molecule has 0 radical (unpaired) electrons. The fourth-order valence-corrected chi connectivity index (χ4v) is 2.46. The number of aryl methyl sites for hydroxylation is 4. The Morgan fingerprint density at radius 1 is 1.25 bits per heavy atom. The fraction of sp³-hybridized carbons (Fsp3) is 0.375. The summed E-state index contributed by atoms with van der Waals surface area (Å²) < 4.78 is 1.73. The summed E-state index contributed by atoms with van der Waals surface area (Å²) in [5, 5.41) is 7.15. The second kappa shape index (κ2) is 5.90. The first-order valence-electron chi connectivity index (χ1n) is 6.77. The number of benzene rings is 1. The highest BCUT2D eigenvalue weighted by Gasteiger charge is 2.09. The van der Waals surface area contributed by atoms with E-state index in [-0.39, 0.29) is 5.91 Å². The Balaban J connectivity index is 1.98. The van der Waals surface area contributed by atoms with E-state index in [1.54, 1.807) is 4.68 Å². The van der Waals surface area contributed by atoms with E-state index in [1.165, 1.54) is 16.7 Å². The zero-order chi connectivity index (χ0) is 14.7. The van der Waals surface area contributed by atoms with Gasteiger partial charge in [0.25, 0.3) is 0 Å². The first-order chi connectivity index (χ1) is 9.45. The van der Waals surface area contributed by atoms with Crippen LogP contribution in [0.15, 0.2) is 24.4 Å². The molecule has 0 bridgehead atoms. The van der Waals surface area contributed by atoms with E-state index in [4.69, 9.17) is 0 Å². The number of hydrogen-bond acceptors (Lipinski definition) is 2. The first kappa shape index (κ1) is 14.3. The molecule has 4 heteroatoms. The quantitative estimate of drug-likeness (QED) is 0.926. The van der Waals surface area contributed by atoms with Crippen molar-refractivity contribution in [2.45, 2.75) is 33.7 Å². The summed E-state index contributed by atoms with van der Waals surface area (Å²) in [6.45, 7) is 6.66. The molecule has 0 saturated carbocycles. The van der Waals surface area contributed by atoms with Crippen molar-refractivity contribution < 1.29 is 4.79 Å². The largest absolute Gasteiger partial charge is 0.350 e. The number of nitrogens with zero attached hydrogens (tertiary/aromatic N) is 2. The van der Waals surface area contributed by atoms with E-state index >= 15 is 0 Å². The Morgan fingerprint density at radius 2 is 1.90 bits per heavy atom. The van der Waals surface area contributed by atoms with Crippen molar-refractivity contribution >= 4 is 5.91 Å². The number of amides is 1. The first-order valence-corrected chi connectivity index (χ1v) is 6.77. The predicted molar refractivity (Wildman–Crippen MR) is 79.4 cm³/mol. The van der Waals surface area contributed by atoms with Crippen LogP contribution in [0.4, 0.5) is 0 Å². The SMILES string of the molecule is Cc1cc(C)c(CC(=O)NCc2ccn(C)n2)c(C)c1. The molecule has 0 fully saturated rings. The zero-order valence-electron chi connectivity index (χ0n) is 12.5. The average molecular weight is 271 g/mol. The summed E-state index contributed by atoms with van der Waals surface area (Å²) in [5.74, 6) is 0.0331. The molecular formula is C16H21N3O. The Morgan fingerprint density at radius 3 is 2.45 bits per heavy atom. The number of carbonyl (C=O) groups excluding carboxylic acids is 1. The van der Waals surface area contributed by atoms with E-state index in [0.29, 0.717) is 13.0 Å². The van der Waals surface area contributed by atoms with Crippen LogP contribution in [0.25, 0.3) is 0 Å². The van der Waals surface area contributed by atoms with Crippen LogP contribution in [-0.2, 0) is 24.8 Å². The highest BCUT2D eigenvalue weighted by molar-refractivity contribution is 5.79. The van der Waals surface area contributed by atoms with Crippen LogP contribution in [0.5, 0.6) is 0 Å². The van der Waals surface area contributed by atoms with Crippen molar-refractivity contribution in [2.75, 3.05) is 0 Å². The van der Waals surface area contributed by atoms with Gasteiger partial charge in [-0.05, 0) is 43.5 Å². The molecule has 106 valence electrons. The summed E-state index contributed by atoms with van der Waals surface area (Å²) >= 11 is 0. The van der Waals surface area contributed by atoms with Crippen LogP contribution in [0.1, 0.15) is 27.9 Å². The van der Waals surface area contributed by atoms with Gasteiger partial charge in [0.05, 0.1) is 18.7 Å². The van der Waals surface area contributed by atoms with Gasteiger partial charge in [0, 0.05) is 13.2 Å². The maximum absolute atomic E-state index is 12.0. The number of carbonyl (C=O) groups is 1. The standard InChI is InChI=1S/C16H21N3O/c1-11-7-12(2)15(13(3)8-11)9-16(20)17-10-14-5-6-19(4)18-14/h5-8H,9-10H2,1-4H3,(H,17,20). The van der Waals surface area contributed by atoms with Gasteiger partial charge in [-0.1, -0.05) is 17.7 Å². The van der Waals surface area contributed by atoms with Crippen molar-refractivity contribution in [1.29, 1.82) is 0 Å². The Labute approximate surface area is 119 Å². The minimum atomic E-state index is 0.0331. The monoisotopic (exact) mass is 271 g/mol. The van der Waals surface area contributed by atoms with Crippen LogP contribution in [0.3, 0.4) is 0 Å². The van der Waals surface area contributed by atoms with Crippen LogP contribution in [0.2, 0.25) is 0 Å². The van der Waals surface area contributed by atoms with E-state index < -0.39 is 0 Å². The number of rotatable bonds is 4. The third-order valence-electron chi connectivity index (χ3n) is 3.41. The number of hydrogen-bond donors (Lipinski definition) is 1. The molecule has 1 N–H and O–H groups in total. The summed E-state index contributed by atoms with van der Waals surface area (Å²) in [7, 11) is 1.87. The molecule has 0 saturated heterocycles. The average Bonchev–Trinajstić information content (AvgIpc) is 2.77. The molecule has 0 aliphatic rings. The summed E-state index contributed by atoms with van der Waals surface area (Å²) in [6.07, 6.45) is 2.29. The lowest BCUT2D eigenvalue weighted by atomic mass is 9.97. The molecule has 0 atom stereocenters. The van der Waals surface area contributed by atoms with E-state index in [9.17, 15) is 4.79 Å². The van der Waals surface area contributed by atoms with Crippen molar-refractivity contribution in [2.24, 2.45) is 7.05 Å². The Bertz CT molecular complexity index is 605. The maximum Gasteiger partial charge on any atom is 0.224 e. The van der Waals surface area contributed by atoms with Gasteiger partial charge in [-0.3, -0.25) is 9.48 Å². The minimum absolute atomic E-state index is 0.0331. The summed E-state index contributed by atoms with van der Waals surface area (Å²) in [5.41, 5.74) is 5.58. The highest BCUT2D eigenvalue weighted by atomic mass is 16.1. The van der Waals surface area contributed by atoms with Gasteiger partial charge in [0.2, 0.25) is 5.91 Å². The van der Waals surface area contributed by atoms with Crippen molar-refractivity contribution in [3.63, 3.8) is 0 Å². The van der Waals surface area contributed by atoms with Crippen LogP contribution >= 0.6 is 0 Å². The molecule has 1 aromatic heterocycles. The topological polar surface area (TPSA) is 46.9 Å². The Kier molecular flexibility index (Phi) is 4.23. The molecule has 0 aliphatic carbocycles. The molecule has 1 aromatic carbocycles. The van der Waals surface area contributed by atoms with E-state index in [0.717, 1.165) is 11.3 Å². The van der Waals surface area contributed by atoms with Crippen LogP contribution in [0, 0.1) is 20.8 Å². The lowest BCUT2D eigenvalue weighted by Gasteiger charge is -2.11. The van der Waals surface area contributed by atoms with E-state index in [1.807, 2.05) is 19.3 Å². The van der Waals surface area contributed by atoms with Gasteiger partial charge < -0.3 is 5.32 Å². The minimum Gasteiger partial charge on any atom is -0.350 e. The normalized spacial score (nSPS) is 10.6. The molecule has 0 unspecified atom stereocenters. The molecule has 2 rings (SSSR count). The van der Waals surface area contributed by atoms with Crippen LogP contribution in [-0.4, -0.2) is 15.7 Å². The van der Waals surface area contributed by atoms with Crippen molar-refractivity contribution in [3.8, 4) is 0 Å². The molecule has 4 nitrogen and oxygen atoms in total. The van der Waals surface area contributed by atoms with Crippen LogP contribution < -0.4 is 5.32 Å². The van der Waals surface area contributed by atoms with Gasteiger partial charge >= 0.3 is 0 Å². The predicted octanol–water partition coefficient (Wildman–Crippen LogP) is 2.20. The highest BCUT2D eigenvalue weighted by Crippen LogP contribution is 2.16. The molecule has 20 heavy (non-hydrogen) atoms. The fourth-order valence-electron chi connectivity index (χ4n) is 2.46. The second-order valence-corrected chi connectivity index (χ2v) is 5.31. The molecular weight excluding hydrogens is 250 g/mol. The Hall–Kier alpha value is -2.10. The lowest BCUT2D eigenvalue weighted by molar-refractivity contribution is -0.120.